The summed E-state index contributed by atoms with van der Waals surface area (Å²) in [7, 11) is 1.58. The van der Waals surface area contributed by atoms with Crippen LogP contribution in [0.1, 0.15) is 0 Å². The van der Waals surface area contributed by atoms with Gasteiger partial charge in [-0.2, -0.15) is 5.10 Å². The second kappa shape index (κ2) is 9.43. The van der Waals surface area contributed by atoms with Gasteiger partial charge < -0.3 is 20.5 Å². The lowest BCUT2D eigenvalue weighted by Gasteiger charge is -2.11. The van der Waals surface area contributed by atoms with Gasteiger partial charge in [0.25, 0.3) is 0 Å². The van der Waals surface area contributed by atoms with Gasteiger partial charge in [-0.05, 0) is 48.5 Å². The van der Waals surface area contributed by atoms with E-state index in [4.69, 9.17) is 15.2 Å². The molecule has 0 atom stereocenters. The predicted molar refractivity (Wildman–Crippen MR) is 116 cm³/mol. The van der Waals surface area contributed by atoms with Crippen molar-refractivity contribution in [2.24, 2.45) is 0 Å². The molecule has 0 aliphatic heterocycles. The highest BCUT2D eigenvalue weighted by Crippen LogP contribution is 2.29. The number of aromatic nitrogens is 2. The fraction of sp³-hybridized carbons (Fsp3) is 0.286. The van der Waals surface area contributed by atoms with Gasteiger partial charge >= 0.3 is 0 Å². The first-order valence-corrected chi connectivity index (χ1v) is 12.0. The number of ether oxygens (including phenoxy) is 2. The number of rotatable bonds is 9. The lowest BCUT2D eigenvalue weighted by molar-refractivity contribution is 0.0801. The van der Waals surface area contributed by atoms with Gasteiger partial charge in [-0.15, -0.1) is 0 Å². The Balaban J connectivity index is 1.66. The maximum Gasteiger partial charge on any atom is 0.139 e. The van der Waals surface area contributed by atoms with Crippen LogP contribution in [0.4, 0.5) is 11.4 Å². The second-order valence-corrected chi connectivity index (χ2v) is 9.75. The molecule has 147 valence electrons. The van der Waals surface area contributed by atoms with Gasteiger partial charge in [0.15, 0.2) is 0 Å². The predicted octanol–water partition coefficient (Wildman–Crippen LogP) is 4.69. The van der Waals surface area contributed by atoms with E-state index in [0.29, 0.717) is 12.4 Å². The quantitative estimate of drug-likeness (QED) is 0.312. The number of hydrogen-bond donors (Lipinski definition) is 2. The van der Waals surface area contributed by atoms with E-state index >= 15 is 0 Å². The monoisotopic (exact) mass is 395 g/mol. The third-order valence-corrected chi connectivity index (χ3v) is 5.56. The average Bonchev–Trinajstić information content (AvgIpc) is 3.16. The minimum Gasteiger partial charge on any atom is -0.457 e. The van der Waals surface area contributed by atoms with Gasteiger partial charge in [-0.25, -0.2) is 4.68 Å². The van der Waals surface area contributed by atoms with Gasteiger partial charge in [0, 0.05) is 40.3 Å². The topological polar surface area (TPSA) is 74.3 Å². The largest absolute Gasteiger partial charge is 0.457 e. The highest BCUT2D eigenvalue weighted by molar-refractivity contribution is 6.55. The number of nitrogens with zero attached hydrogens (tertiary/aromatic N) is 2. The molecule has 7 heteroatoms. The smallest absolute Gasteiger partial charge is 0.139 e. The van der Waals surface area contributed by atoms with Gasteiger partial charge in [0.2, 0.25) is 0 Å². The van der Waals surface area contributed by atoms with Crippen LogP contribution in [0.15, 0.2) is 54.7 Å². The minimum atomic E-state index is -0.253. The number of benzene rings is 2. The van der Waals surface area contributed by atoms with E-state index in [1.807, 2.05) is 60.3 Å². The van der Waals surface area contributed by atoms with Crippen molar-refractivity contribution in [1.29, 1.82) is 0 Å². The van der Waals surface area contributed by atoms with E-state index in [9.17, 15) is 0 Å². The van der Waals surface area contributed by atoms with Crippen LogP contribution in [0.25, 0.3) is 11.3 Å². The Kier molecular flexibility index (Phi) is 6.73. The lowest BCUT2D eigenvalue weighted by atomic mass is 10.1. The summed E-state index contributed by atoms with van der Waals surface area (Å²) in [6, 6.07) is 16.7. The molecule has 0 saturated heterocycles. The zero-order valence-electron chi connectivity index (χ0n) is 16.6. The summed E-state index contributed by atoms with van der Waals surface area (Å²) in [5.74, 6) is 1.50. The van der Waals surface area contributed by atoms with Gasteiger partial charge in [0.05, 0.1) is 17.1 Å². The molecule has 6 nitrogen and oxygen atoms in total. The van der Waals surface area contributed by atoms with Crippen molar-refractivity contribution in [3.63, 3.8) is 0 Å². The molecular formula is C21H27N4O2Si. The summed E-state index contributed by atoms with van der Waals surface area (Å²) in [5, 5.41) is 7.43. The van der Waals surface area contributed by atoms with Gasteiger partial charge in [-0.3, -0.25) is 0 Å². The Hall–Kier alpha value is -2.77. The highest BCUT2D eigenvalue weighted by Gasteiger charge is 2.07. The average molecular weight is 396 g/mol. The molecule has 0 fully saturated rings. The Morgan fingerprint density at radius 3 is 2.54 bits per heavy atom. The van der Waals surface area contributed by atoms with Crippen LogP contribution in [0.2, 0.25) is 19.1 Å². The maximum atomic E-state index is 5.94. The third-order valence-electron chi connectivity index (χ3n) is 4.36. The van der Waals surface area contributed by atoms with Crippen molar-refractivity contribution in [1.82, 2.24) is 9.78 Å². The Morgan fingerprint density at radius 1 is 1.07 bits per heavy atom. The molecule has 1 aromatic heterocycles. The number of anilines is 2. The zero-order valence-corrected chi connectivity index (χ0v) is 17.6. The molecule has 0 unspecified atom stereocenters. The normalized spacial score (nSPS) is 11.0. The number of nitrogens with two attached hydrogens (primary N) is 1. The lowest BCUT2D eigenvalue weighted by Crippen LogP contribution is -2.10. The summed E-state index contributed by atoms with van der Waals surface area (Å²) in [4.78, 5) is 0. The molecule has 0 saturated carbocycles. The SMILES string of the molecule is CNc1cc(Oc2ccc(-c3ccnn3COCC[Si](C)C)cc2)ccc1N. The molecule has 1 radical (unpaired) electrons. The third kappa shape index (κ3) is 5.14. The first-order chi connectivity index (χ1) is 13.6. The molecule has 3 aromatic rings. The molecule has 1 heterocycles. The molecule has 0 aliphatic rings. The van der Waals surface area contributed by atoms with Crippen LogP contribution in [0.3, 0.4) is 0 Å². The van der Waals surface area contributed by atoms with Crippen molar-refractivity contribution in [2.75, 3.05) is 24.7 Å². The summed E-state index contributed by atoms with van der Waals surface area (Å²) in [6.45, 7) is 5.83. The summed E-state index contributed by atoms with van der Waals surface area (Å²) in [5.41, 5.74) is 9.53. The number of nitrogens with one attached hydrogen (secondary N) is 1. The molecule has 0 bridgehead atoms. The second-order valence-electron chi connectivity index (χ2n) is 6.84. The summed E-state index contributed by atoms with van der Waals surface area (Å²) >= 11 is 0. The van der Waals surface area contributed by atoms with Crippen LogP contribution in [0.5, 0.6) is 11.5 Å². The van der Waals surface area contributed by atoms with Crippen molar-refractivity contribution < 1.29 is 9.47 Å². The van der Waals surface area contributed by atoms with Crippen LogP contribution in [-0.4, -0.2) is 32.2 Å². The Morgan fingerprint density at radius 2 is 1.82 bits per heavy atom. The molecule has 0 spiro atoms. The first kappa shape index (κ1) is 20.0. The van der Waals surface area contributed by atoms with E-state index in [2.05, 4.69) is 23.5 Å². The van der Waals surface area contributed by atoms with Crippen molar-refractivity contribution in [3.05, 3.63) is 54.7 Å². The fourth-order valence-corrected chi connectivity index (χ4v) is 3.31. The molecular weight excluding hydrogens is 368 g/mol. The maximum absolute atomic E-state index is 5.94. The molecule has 0 aliphatic carbocycles. The first-order valence-electron chi connectivity index (χ1n) is 9.31. The highest BCUT2D eigenvalue weighted by atomic mass is 28.3. The van der Waals surface area contributed by atoms with Crippen LogP contribution in [0, 0.1) is 0 Å². The van der Waals surface area contributed by atoms with Crippen LogP contribution in [-0.2, 0) is 11.5 Å². The standard InChI is InChI=1S/C21H27N4O2Si/c1-23-20-14-18(8-9-19(20)22)27-17-6-4-16(5-7-17)21-10-11-24-25(21)15-26-12-13-28(2)3/h4-11,14,23H,12-13,15,22H2,1-3H3. The summed E-state index contributed by atoms with van der Waals surface area (Å²) < 4.78 is 13.6. The fourth-order valence-electron chi connectivity index (χ4n) is 2.75. The minimum absolute atomic E-state index is 0.253. The molecule has 3 N–H and O–H groups in total. The van der Waals surface area contributed by atoms with E-state index in [1.54, 1.807) is 6.20 Å². The van der Waals surface area contributed by atoms with Crippen molar-refractivity contribution in [3.8, 4) is 22.8 Å². The zero-order chi connectivity index (χ0) is 19.9. The van der Waals surface area contributed by atoms with Crippen LogP contribution < -0.4 is 15.8 Å². The van der Waals surface area contributed by atoms with Crippen molar-refractivity contribution >= 4 is 20.2 Å². The van der Waals surface area contributed by atoms with Crippen LogP contribution >= 0.6 is 0 Å². The number of nitrogen functional groups attached to an aromatic ring is 1. The van der Waals surface area contributed by atoms with Gasteiger partial charge in [-0.1, -0.05) is 13.1 Å². The van der Waals surface area contributed by atoms with E-state index in [0.717, 1.165) is 41.1 Å². The van der Waals surface area contributed by atoms with E-state index in [1.165, 1.54) is 0 Å². The van der Waals surface area contributed by atoms with Gasteiger partial charge in [0.1, 0.15) is 18.2 Å². The van der Waals surface area contributed by atoms with E-state index < -0.39 is 0 Å². The number of hydrogen-bond acceptors (Lipinski definition) is 5. The van der Waals surface area contributed by atoms with Crippen molar-refractivity contribution in [2.45, 2.75) is 25.9 Å². The molecule has 28 heavy (non-hydrogen) atoms. The Bertz CT molecular complexity index is 894. The molecule has 2 aromatic carbocycles. The summed E-state index contributed by atoms with van der Waals surface area (Å²) in [6.07, 6.45) is 1.80. The molecule has 0 amide bonds. The van der Waals surface area contributed by atoms with E-state index in [-0.39, 0.29) is 8.80 Å². The Labute approximate surface area is 167 Å². The molecule has 3 rings (SSSR count).